The molecule has 0 unspecified atom stereocenters. The van der Waals surface area contributed by atoms with Crippen molar-refractivity contribution in [3.8, 4) is 11.1 Å². The molecule has 0 aliphatic heterocycles. The van der Waals surface area contributed by atoms with Gasteiger partial charge in [-0.3, -0.25) is 0 Å². The Morgan fingerprint density at radius 3 is 2.00 bits per heavy atom. The van der Waals surface area contributed by atoms with E-state index in [2.05, 4.69) is 0 Å². The molecule has 0 saturated carbocycles. The van der Waals surface area contributed by atoms with Gasteiger partial charge in [0, 0.05) is 0 Å². The summed E-state index contributed by atoms with van der Waals surface area (Å²) in [6.07, 6.45) is 0. The number of carbonyl (C=O) groups excluding carboxylic acids is 1. The van der Waals surface area contributed by atoms with Crippen LogP contribution in [0.2, 0.25) is 5.02 Å². The van der Waals surface area contributed by atoms with Crippen LogP contribution in [0.3, 0.4) is 0 Å². The number of hydrogen-bond acceptors (Lipinski definition) is 2. The minimum atomic E-state index is -0.388. The number of carbonyl (C=O) groups is 1. The average molecular weight is 335 g/mol. The zero-order valence-electron chi connectivity index (χ0n) is 14.9. The van der Waals surface area contributed by atoms with Gasteiger partial charge in [0.05, 0.1) is 17.2 Å². The Labute approximate surface area is 145 Å². The van der Waals surface area contributed by atoms with Crippen LogP contribution >= 0.6 is 11.6 Å². The molecule has 0 aliphatic carbocycles. The standard InChI is InChI=1S/C16H15ClO2.2C2H6/c1-3-19-16(18)14-10-13(8-9-15(14)17)12-6-4-11(2)5-7-12;2*1-2/h4-10H,3H2,1-2H3;2*1-2H3. The maximum absolute atomic E-state index is 11.8. The van der Waals surface area contributed by atoms with Gasteiger partial charge in [-0.2, -0.15) is 0 Å². The summed E-state index contributed by atoms with van der Waals surface area (Å²) in [5, 5.41) is 0.411. The molecule has 0 fully saturated rings. The highest BCUT2D eigenvalue weighted by atomic mass is 35.5. The third-order valence-corrected chi connectivity index (χ3v) is 3.18. The fraction of sp³-hybridized carbons (Fsp3) is 0.350. The van der Waals surface area contributed by atoms with E-state index in [1.807, 2.05) is 65.0 Å². The number of aryl methyl sites for hydroxylation is 1. The first kappa shape index (κ1) is 21.2. The average Bonchev–Trinajstić information content (AvgIpc) is 2.60. The van der Waals surface area contributed by atoms with Crippen LogP contribution in [0.1, 0.15) is 50.5 Å². The lowest BCUT2D eigenvalue weighted by Crippen LogP contribution is -2.05. The molecule has 0 spiro atoms. The summed E-state index contributed by atoms with van der Waals surface area (Å²) in [5.41, 5.74) is 3.60. The molecule has 0 aliphatic rings. The van der Waals surface area contributed by atoms with E-state index in [0.29, 0.717) is 17.2 Å². The number of esters is 1. The molecule has 2 rings (SSSR count). The highest BCUT2D eigenvalue weighted by Gasteiger charge is 2.12. The second kappa shape index (κ2) is 11.7. The Morgan fingerprint density at radius 1 is 0.957 bits per heavy atom. The van der Waals surface area contributed by atoms with Gasteiger partial charge in [-0.15, -0.1) is 0 Å². The Kier molecular flexibility index (Phi) is 10.8. The monoisotopic (exact) mass is 334 g/mol. The predicted octanol–water partition coefficient (Wildman–Crippen LogP) is 6.54. The topological polar surface area (TPSA) is 26.3 Å². The molecule has 23 heavy (non-hydrogen) atoms. The van der Waals surface area contributed by atoms with E-state index in [4.69, 9.17) is 16.3 Å². The molecule has 0 amide bonds. The van der Waals surface area contributed by atoms with Gasteiger partial charge in [-0.05, 0) is 37.1 Å². The van der Waals surface area contributed by atoms with E-state index >= 15 is 0 Å². The summed E-state index contributed by atoms with van der Waals surface area (Å²) < 4.78 is 5.00. The van der Waals surface area contributed by atoms with Crippen LogP contribution in [-0.4, -0.2) is 12.6 Å². The van der Waals surface area contributed by atoms with E-state index in [9.17, 15) is 4.79 Å². The van der Waals surface area contributed by atoms with Crippen LogP contribution in [-0.2, 0) is 4.74 Å². The van der Waals surface area contributed by atoms with E-state index in [-0.39, 0.29) is 5.97 Å². The lowest BCUT2D eigenvalue weighted by atomic mass is 10.0. The molecule has 2 aromatic rings. The van der Waals surface area contributed by atoms with Crippen LogP contribution in [0.25, 0.3) is 11.1 Å². The minimum Gasteiger partial charge on any atom is -0.462 e. The van der Waals surface area contributed by atoms with Crippen LogP contribution < -0.4 is 0 Å². The fourth-order valence-electron chi connectivity index (χ4n) is 1.82. The van der Waals surface area contributed by atoms with Crippen molar-refractivity contribution in [3.05, 3.63) is 58.6 Å². The Hall–Kier alpha value is -1.80. The summed E-state index contributed by atoms with van der Waals surface area (Å²) in [4.78, 5) is 11.8. The lowest BCUT2D eigenvalue weighted by molar-refractivity contribution is 0.0526. The molecule has 126 valence electrons. The fourth-order valence-corrected chi connectivity index (χ4v) is 2.01. The quantitative estimate of drug-likeness (QED) is 0.595. The van der Waals surface area contributed by atoms with E-state index in [0.717, 1.165) is 11.1 Å². The van der Waals surface area contributed by atoms with Gasteiger partial charge in [0.1, 0.15) is 0 Å². The molecule has 0 N–H and O–H groups in total. The maximum Gasteiger partial charge on any atom is 0.339 e. The maximum atomic E-state index is 11.8. The summed E-state index contributed by atoms with van der Waals surface area (Å²) >= 11 is 6.04. The van der Waals surface area contributed by atoms with E-state index in [1.54, 1.807) is 19.1 Å². The van der Waals surface area contributed by atoms with Crippen molar-refractivity contribution in [2.24, 2.45) is 0 Å². The van der Waals surface area contributed by atoms with Crippen molar-refractivity contribution in [2.75, 3.05) is 6.61 Å². The van der Waals surface area contributed by atoms with Crippen LogP contribution in [0.15, 0.2) is 42.5 Å². The Bertz CT molecular complexity index is 589. The number of halogens is 1. The SMILES string of the molecule is CC.CC.CCOC(=O)c1cc(-c2ccc(C)cc2)ccc1Cl. The molecular weight excluding hydrogens is 308 g/mol. The molecule has 0 aromatic heterocycles. The molecule has 2 aromatic carbocycles. The molecule has 0 saturated heterocycles. The van der Waals surface area contributed by atoms with Crippen molar-refractivity contribution >= 4 is 17.6 Å². The van der Waals surface area contributed by atoms with Gasteiger partial charge < -0.3 is 4.74 Å². The molecule has 0 radical (unpaired) electrons. The molecular formula is C20H27ClO2. The van der Waals surface area contributed by atoms with Crippen LogP contribution in [0, 0.1) is 6.92 Å². The zero-order valence-corrected chi connectivity index (χ0v) is 15.7. The van der Waals surface area contributed by atoms with Gasteiger partial charge >= 0.3 is 5.97 Å². The summed E-state index contributed by atoms with van der Waals surface area (Å²) in [7, 11) is 0. The number of rotatable bonds is 3. The van der Waals surface area contributed by atoms with Crippen molar-refractivity contribution < 1.29 is 9.53 Å². The lowest BCUT2D eigenvalue weighted by Gasteiger charge is -2.07. The highest BCUT2D eigenvalue weighted by molar-refractivity contribution is 6.33. The molecule has 0 atom stereocenters. The smallest absolute Gasteiger partial charge is 0.339 e. The number of ether oxygens (including phenoxy) is 1. The van der Waals surface area contributed by atoms with Crippen molar-refractivity contribution in [3.63, 3.8) is 0 Å². The first-order valence-corrected chi connectivity index (χ1v) is 8.53. The van der Waals surface area contributed by atoms with E-state index < -0.39 is 0 Å². The van der Waals surface area contributed by atoms with Crippen molar-refractivity contribution in [2.45, 2.75) is 41.5 Å². The Morgan fingerprint density at radius 2 is 1.48 bits per heavy atom. The molecule has 0 heterocycles. The molecule has 2 nitrogen and oxygen atoms in total. The summed E-state index contributed by atoms with van der Waals surface area (Å²) in [5.74, 6) is -0.388. The third-order valence-electron chi connectivity index (χ3n) is 2.85. The third kappa shape index (κ3) is 6.45. The highest BCUT2D eigenvalue weighted by Crippen LogP contribution is 2.26. The largest absolute Gasteiger partial charge is 0.462 e. The van der Waals surface area contributed by atoms with Crippen molar-refractivity contribution in [1.29, 1.82) is 0 Å². The first-order valence-electron chi connectivity index (χ1n) is 8.15. The zero-order chi connectivity index (χ0) is 17.8. The molecule has 3 heteroatoms. The second-order valence-electron chi connectivity index (χ2n) is 4.28. The van der Waals surface area contributed by atoms with Gasteiger partial charge in [-0.1, -0.05) is 75.2 Å². The van der Waals surface area contributed by atoms with E-state index in [1.165, 1.54) is 5.56 Å². The van der Waals surface area contributed by atoms with Crippen LogP contribution in [0.5, 0.6) is 0 Å². The second-order valence-corrected chi connectivity index (χ2v) is 4.69. The normalized spacial score (nSPS) is 9.00. The predicted molar refractivity (Wildman–Crippen MR) is 100 cm³/mol. The Balaban J connectivity index is 0.00000112. The minimum absolute atomic E-state index is 0.337. The first-order chi connectivity index (χ1) is 11.1. The summed E-state index contributed by atoms with van der Waals surface area (Å²) in [6.45, 7) is 12.1. The van der Waals surface area contributed by atoms with Crippen molar-refractivity contribution in [1.82, 2.24) is 0 Å². The summed E-state index contributed by atoms with van der Waals surface area (Å²) in [6, 6.07) is 13.5. The van der Waals surface area contributed by atoms with Gasteiger partial charge in [0.25, 0.3) is 0 Å². The number of hydrogen-bond donors (Lipinski definition) is 0. The number of benzene rings is 2. The molecule has 0 bridgehead atoms. The van der Waals surface area contributed by atoms with Gasteiger partial charge in [0.15, 0.2) is 0 Å². The van der Waals surface area contributed by atoms with Gasteiger partial charge in [-0.25, -0.2) is 4.79 Å². The van der Waals surface area contributed by atoms with Gasteiger partial charge in [0.2, 0.25) is 0 Å². The van der Waals surface area contributed by atoms with Crippen LogP contribution in [0.4, 0.5) is 0 Å².